The molecule has 8 heteroatoms. The Morgan fingerprint density at radius 2 is 1.79 bits per heavy atom. The second-order valence-corrected chi connectivity index (χ2v) is 10.5. The van der Waals surface area contributed by atoms with Crippen LogP contribution in [0.1, 0.15) is 50.2 Å². The first-order chi connectivity index (χ1) is 18.2. The lowest BCUT2D eigenvalue weighted by molar-refractivity contribution is -0.159. The molecule has 1 aliphatic heterocycles. The van der Waals surface area contributed by atoms with Crippen molar-refractivity contribution in [3.63, 3.8) is 0 Å². The highest BCUT2D eigenvalue weighted by Gasteiger charge is 2.47. The van der Waals surface area contributed by atoms with Crippen LogP contribution in [0.5, 0.6) is 5.75 Å². The van der Waals surface area contributed by atoms with Gasteiger partial charge in [-0.1, -0.05) is 48.5 Å². The van der Waals surface area contributed by atoms with Crippen molar-refractivity contribution in [3.05, 3.63) is 77.6 Å². The van der Waals surface area contributed by atoms with Gasteiger partial charge in [0, 0.05) is 25.1 Å². The van der Waals surface area contributed by atoms with Crippen LogP contribution in [0.2, 0.25) is 0 Å². The lowest BCUT2D eigenvalue weighted by Crippen LogP contribution is -2.60. The van der Waals surface area contributed by atoms with E-state index in [2.05, 4.69) is 5.32 Å². The van der Waals surface area contributed by atoms with E-state index in [0.717, 1.165) is 36.5 Å². The summed E-state index contributed by atoms with van der Waals surface area (Å²) in [5.74, 6) is -5.65. The summed E-state index contributed by atoms with van der Waals surface area (Å²) in [6.07, 6.45) is 2.70. The van der Waals surface area contributed by atoms with Gasteiger partial charge >= 0.3 is 5.92 Å². The molecule has 5 nitrogen and oxygen atoms in total. The Kier molecular flexibility index (Phi) is 7.38. The Bertz CT molecular complexity index is 1310. The number of hydrogen-bond acceptors (Lipinski definition) is 4. The number of carbonyl (C=O) groups excluding carboxylic acids is 1. The molecular weight excluding hydrogens is 493 g/mol. The third-order valence-electron chi connectivity index (χ3n) is 7.59. The van der Waals surface area contributed by atoms with Crippen LogP contribution in [-0.4, -0.2) is 47.1 Å². The molecule has 2 fully saturated rings. The minimum absolute atomic E-state index is 0.00265. The molecule has 3 aromatic carbocycles. The van der Waals surface area contributed by atoms with Crippen LogP contribution in [0.15, 0.2) is 60.7 Å². The number of nitrogens with one attached hydrogen (secondary N) is 1. The molecule has 0 radical (unpaired) electrons. The highest BCUT2D eigenvalue weighted by Crippen LogP contribution is 2.36. The number of fused-ring (bicyclic) bond motifs is 1. The number of aliphatic hydroxyl groups is 1. The summed E-state index contributed by atoms with van der Waals surface area (Å²) in [6, 6.07) is 16.2. The SMILES string of the molecule is C[C@@H](NC(=O)C(F)(F)CCc1ccc2ccccc2c1)[C@](O)(c1ccc(OC2CC2)c(F)c1)N1CCCC1. The Morgan fingerprint density at radius 3 is 2.47 bits per heavy atom. The summed E-state index contributed by atoms with van der Waals surface area (Å²) in [5, 5.41) is 16.1. The van der Waals surface area contributed by atoms with Gasteiger partial charge in [-0.15, -0.1) is 0 Å². The van der Waals surface area contributed by atoms with E-state index in [9.17, 15) is 14.3 Å². The van der Waals surface area contributed by atoms with E-state index in [1.807, 2.05) is 36.4 Å². The average Bonchev–Trinajstić information content (AvgIpc) is 3.55. The van der Waals surface area contributed by atoms with Gasteiger partial charge in [0.2, 0.25) is 0 Å². The number of hydrogen-bond donors (Lipinski definition) is 2. The van der Waals surface area contributed by atoms with Crippen LogP contribution < -0.4 is 10.1 Å². The van der Waals surface area contributed by atoms with Crippen LogP contribution in [0.3, 0.4) is 0 Å². The molecule has 0 bridgehead atoms. The number of likely N-dealkylation sites (tertiary alicyclic amines) is 1. The van der Waals surface area contributed by atoms with Crippen LogP contribution in [0, 0.1) is 5.82 Å². The molecule has 202 valence electrons. The summed E-state index contributed by atoms with van der Waals surface area (Å²) < 4.78 is 50.4. The molecule has 1 amide bonds. The predicted molar refractivity (Wildman–Crippen MR) is 140 cm³/mol. The van der Waals surface area contributed by atoms with Crippen molar-refractivity contribution in [1.29, 1.82) is 0 Å². The Hall–Kier alpha value is -3.10. The number of amides is 1. The summed E-state index contributed by atoms with van der Waals surface area (Å²) in [7, 11) is 0. The van der Waals surface area contributed by atoms with Gasteiger partial charge in [0.1, 0.15) is 0 Å². The van der Waals surface area contributed by atoms with Gasteiger partial charge in [-0.2, -0.15) is 8.78 Å². The maximum atomic E-state index is 15.0. The first-order valence-corrected chi connectivity index (χ1v) is 13.3. The number of benzene rings is 3. The fraction of sp³-hybridized carbons (Fsp3) is 0.433. The van der Waals surface area contributed by atoms with Crippen LogP contribution in [0.4, 0.5) is 13.2 Å². The van der Waals surface area contributed by atoms with Crippen molar-refractivity contribution < 1.29 is 27.8 Å². The number of nitrogens with zero attached hydrogens (tertiary/aromatic N) is 1. The molecule has 5 rings (SSSR count). The van der Waals surface area contributed by atoms with Crippen molar-refractivity contribution in [3.8, 4) is 5.75 Å². The number of ether oxygens (including phenoxy) is 1. The highest BCUT2D eigenvalue weighted by molar-refractivity contribution is 5.84. The van der Waals surface area contributed by atoms with Crippen molar-refractivity contribution in [2.45, 2.75) is 69.2 Å². The number of rotatable bonds is 10. The molecule has 0 spiro atoms. The van der Waals surface area contributed by atoms with Crippen molar-refractivity contribution in [2.75, 3.05) is 13.1 Å². The van der Waals surface area contributed by atoms with E-state index in [4.69, 9.17) is 4.74 Å². The topological polar surface area (TPSA) is 61.8 Å². The van der Waals surface area contributed by atoms with E-state index in [0.29, 0.717) is 18.7 Å². The Balaban J connectivity index is 1.30. The second-order valence-electron chi connectivity index (χ2n) is 10.5. The number of halogens is 3. The molecule has 3 aromatic rings. The third kappa shape index (κ3) is 5.52. The van der Waals surface area contributed by atoms with Gasteiger partial charge in [0.05, 0.1) is 12.1 Å². The monoisotopic (exact) mass is 526 g/mol. The fourth-order valence-corrected chi connectivity index (χ4v) is 5.17. The molecular formula is C30H33F3N2O3. The van der Waals surface area contributed by atoms with Crippen LogP contribution in [-0.2, 0) is 16.9 Å². The highest BCUT2D eigenvalue weighted by atomic mass is 19.3. The molecule has 2 atom stereocenters. The van der Waals surface area contributed by atoms with Gasteiger partial charge in [0.25, 0.3) is 5.91 Å². The van der Waals surface area contributed by atoms with Gasteiger partial charge in [-0.05, 0) is 67.5 Å². The third-order valence-corrected chi connectivity index (χ3v) is 7.59. The van der Waals surface area contributed by atoms with E-state index in [-0.39, 0.29) is 23.8 Å². The van der Waals surface area contributed by atoms with Crippen molar-refractivity contribution in [1.82, 2.24) is 10.2 Å². The number of alkyl halides is 2. The maximum Gasteiger partial charge on any atom is 0.324 e. The molecule has 1 saturated carbocycles. The quantitative estimate of drug-likeness (QED) is 0.365. The van der Waals surface area contributed by atoms with E-state index < -0.39 is 35.8 Å². The molecule has 38 heavy (non-hydrogen) atoms. The zero-order valence-corrected chi connectivity index (χ0v) is 21.4. The molecule has 1 heterocycles. The van der Waals surface area contributed by atoms with Gasteiger partial charge in [0.15, 0.2) is 17.3 Å². The first kappa shape index (κ1) is 26.5. The maximum absolute atomic E-state index is 15.0. The minimum Gasteiger partial charge on any atom is -0.487 e. The smallest absolute Gasteiger partial charge is 0.324 e. The normalized spacial score (nSPS) is 18.8. The summed E-state index contributed by atoms with van der Waals surface area (Å²) in [4.78, 5) is 14.5. The lowest BCUT2D eigenvalue weighted by Gasteiger charge is -2.42. The minimum atomic E-state index is -3.65. The molecule has 2 aliphatic rings. The summed E-state index contributed by atoms with van der Waals surface area (Å²) in [5.41, 5.74) is -0.964. The van der Waals surface area contributed by atoms with Crippen molar-refractivity contribution in [2.24, 2.45) is 0 Å². The zero-order chi connectivity index (χ0) is 26.9. The molecule has 0 unspecified atom stereocenters. The van der Waals surface area contributed by atoms with Gasteiger partial charge < -0.3 is 15.2 Å². The second kappa shape index (κ2) is 10.6. The zero-order valence-electron chi connectivity index (χ0n) is 21.4. The molecule has 1 saturated heterocycles. The lowest BCUT2D eigenvalue weighted by atomic mass is 9.93. The summed E-state index contributed by atoms with van der Waals surface area (Å²) >= 11 is 0. The molecule has 0 aromatic heterocycles. The molecule has 1 aliphatic carbocycles. The summed E-state index contributed by atoms with van der Waals surface area (Å²) in [6.45, 7) is 2.47. The van der Waals surface area contributed by atoms with Gasteiger partial charge in [-0.3, -0.25) is 9.69 Å². The standard InChI is InChI=1S/C30H33F3N2O3/c1-20(34-28(36)29(32,33)15-14-21-8-9-22-6-2-3-7-23(22)18-21)30(37,35-16-4-5-17-35)24-10-13-27(26(31)19-24)38-25-11-12-25/h2-3,6-10,13,18-20,25,37H,4-5,11-12,14-17H2,1H3,(H,34,36)/t20-,30+/m1/s1. The number of carbonyl (C=O) groups is 1. The average molecular weight is 527 g/mol. The molecule has 2 N–H and O–H groups in total. The van der Waals surface area contributed by atoms with E-state index in [1.54, 1.807) is 17.0 Å². The van der Waals surface area contributed by atoms with Crippen LogP contribution >= 0.6 is 0 Å². The Labute approximate surface area is 220 Å². The largest absolute Gasteiger partial charge is 0.487 e. The van der Waals surface area contributed by atoms with Crippen LogP contribution in [0.25, 0.3) is 10.8 Å². The van der Waals surface area contributed by atoms with Crippen molar-refractivity contribution >= 4 is 16.7 Å². The van der Waals surface area contributed by atoms with E-state index in [1.165, 1.54) is 19.1 Å². The first-order valence-electron chi connectivity index (χ1n) is 13.3. The van der Waals surface area contributed by atoms with Gasteiger partial charge in [-0.25, -0.2) is 4.39 Å². The number of aryl methyl sites for hydroxylation is 1. The Morgan fingerprint density at radius 1 is 1.08 bits per heavy atom. The van der Waals surface area contributed by atoms with E-state index >= 15 is 8.78 Å². The predicted octanol–water partition coefficient (Wildman–Crippen LogP) is 5.53. The fourth-order valence-electron chi connectivity index (χ4n) is 5.17.